The van der Waals surface area contributed by atoms with Crippen LogP contribution in [0, 0.1) is 17.6 Å². The molecule has 21 heavy (non-hydrogen) atoms. The van der Waals surface area contributed by atoms with E-state index in [1.165, 1.54) is 6.07 Å². The molecular weight excluding hydrogens is 278 g/mol. The molecule has 0 spiro atoms. The summed E-state index contributed by atoms with van der Waals surface area (Å²) in [5.41, 5.74) is 0.708. The van der Waals surface area contributed by atoms with Gasteiger partial charge in [-0.25, -0.2) is 8.78 Å². The molecule has 2 fully saturated rings. The molecule has 0 aliphatic carbocycles. The van der Waals surface area contributed by atoms with Gasteiger partial charge in [0, 0.05) is 44.0 Å². The van der Waals surface area contributed by atoms with E-state index in [0.717, 1.165) is 32.0 Å². The Balaban J connectivity index is 1.53. The minimum Gasteiger partial charge on any atom is -0.481 e. The van der Waals surface area contributed by atoms with Gasteiger partial charge in [0.05, 0.1) is 5.92 Å². The minimum atomic E-state index is -0.825. The van der Waals surface area contributed by atoms with Gasteiger partial charge in [-0.3, -0.25) is 9.69 Å². The maximum atomic E-state index is 13.3. The predicted molar refractivity (Wildman–Crippen MR) is 74.3 cm³/mol. The zero-order valence-electron chi connectivity index (χ0n) is 11.6. The Labute approximate surface area is 122 Å². The number of halogens is 2. The number of likely N-dealkylation sites (tertiary alicyclic amines) is 1. The van der Waals surface area contributed by atoms with Gasteiger partial charge < -0.3 is 10.0 Å². The van der Waals surface area contributed by atoms with Crippen molar-refractivity contribution in [3.63, 3.8) is 0 Å². The van der Waals surface area contributed by atoms with E-state index >= 15 is 0 Å². The normalized spacial score (nSPS) is 21.3. The smallest absolute Gasteiger partial charge is 0.309 e. The molecule has 4 nitrogen and oxygen atoms in total. The molecule has 1 N–H and O–H groups in total. The van der Waals surface area contributed by atoms with E-state index in [1.54, 1.807) is 6.07 Å². The number of hydrogen-bond donors (Lipinski definition) is 1. The summed E-state index contributed by atoms with van der Waals surface area (Å²) in [5, 5.41) is 8.89. The van der Waals surface area contributed by atoms with Gasteiger partial charge in [-0.15, -0.1) is 0 Å². The Morgan fingerprint density at radius 1 is 1.14 bits per heavy atom. The summed E-state index contributed by atoms with van der Waals surface area (Å²) in [6.45, 7) is 2.82. The summed E-state index contributed by atoms with van der Waals surface area (Å²) in [7, 11) is 0. The Bertz CT molecular complexity index is 538. The number of benzene rings is 1. The van der Waals surface area contributed by atoms with Crippen LogP contribution in [0.25, 0.3) is 0 Å². The Morgan fingerprint density at radius 2 is 1.81 bits per heavy atom. The standard InChI is InChI=1S/C15H18F2N2O2/c16-13-2-1-12(7-14(13)17)18-5-3-11(4-6-18)19-8-10(9-19)15(20)21/h1-2,7,10-11H,3-6,8-9H2,(H,20,21). The van der Waals surface area contributed by atoms with Crippen molar-refractivity contribution >= 4 is 11.7 Å². The number of carboxylic acid groups (broad SMARTS) is 1. The number of carbonyl (C=O) groups is 1. The molecule has 1 aromatic rings. The lowest BCUT2D eigenvalue weighted by atomic mass is 9.93. The number of rotatable bonds is 3. The fourth-order valence-corrected chi connectivity index (χ4v) is 3.14. The van der Waals surface area contributed by atoms with E-state index in [1.807, 2.05) is 4.90 Å². The van der Waals surface area contributed by atoms with Gasteiger partial charge in [-0.05, 0) is 25.0 Å². The largest absolute Gasteiger partial charge is 0.481 e. The second kappa shape index (κ2) is 5.60. The first-order chi connectivity index (χ1) is 10.0. The van der Waals surface area contributed by atoms with Crippen LogP contribution >= 0.6 is 0 Å². The summed E-state index contributed by atoms with van der Waals surface area (Å²) in [6.07, 6.45) is 1.84. The van der Waals surface area contributed by atoms with E-state index in [2.05, 4.69) is 4.90 Å². The first kappa shape index (κ1) is 14.3. The van der Waals surface area contributed by atoms with E-state index in [-0.39, 0.29) is 5.92 Å². The van der Waals surface area contributed by atoms with Crippen molar-refractivity contribution in [2.24, 2.45) is 5.92 Å². The van der Waals surface area contributed by atoms with Crippen molar-refractivity contribution in [1.82, 2.24) is 4.90 Å². The van der Waals surface area contributed by atoms with Crippen LogP contribution in [0.5, 0.6) is 0 Å². The highest BCUT2D eigenvalue weighted by atomic mass is 19.2. The molecule has 114 valence electrons. The summed E-state index contributed by atoms with van der Waals surface area (Å²) < 4.78 is 26.2. The first-order valence-electron chi connectivity index (χ1n) is 7.21. The van der Waals surface area contributed by atoms with Crippen LogP contribution in [0.2, 0.25) is 0 Å². The third kappa shape index (κ3) is 2.85. The van der Waals surface area contributed by atoms with Crippen LogP contribution in [-0.4, -0.2) is 48.2 Å². The zero-order chi connectivity index (χ0) is 15.0. The molecule has 3 rings (SSSR count). The van der Waals surface area contributed by atoms with Crippen molar-refractivity contribution in [1.29, 1.82) is 0 Å². The molecule has 2 saturated heterocycles. The Hall–Kier alpha value is -1.69. The molecule has 6 heteroatoms. The van der Waals surface area contributed by atoms with Gasteiger partial charge in [0.1, 0.15) is 0 Å². The van der Waals surface area contributed by atoms with Crippen molar-refractivity contribution < 1.29 is 18.7 Å². The van der Waals surface area contributed by atoms with Gasteiger partial charge in [0.25, 0.3) is 0 Å². The number of piperidine rings is 1. The van der Waals surface area contributed by atoms with Crippen LogP contribution in [0.1, 0.15) is 12.8 Å². The number of anilines is 1. The molecule has 1 aromatic carbocycles. The third-order valence-electron chi connectivity index (χ3n) is 4.51. The summed E-state index contributed by atoms with van der Waals surface area (Å²) in [4.78, 5) is 15.1. The van der Waals surface area contributed by atoms with Gasteiger partial charge in [0.2, 0.25) is 0 Å². The van der Waals surface area contributed by atoms with E-state index in [4.69, 9.17) is 5.11 Å². The van der Waals surface area contributed by atoms with E-state index in [9.17, 15) is 13.6 Å². The molecule has 0 unspecified atom stereocenters. The molecule has 0 radical (unpaired) electrons. The van der Waals surface area contributed by atoms with Gasteiger partial charge in [-0.1, -0.05) is 0 Å². The highest BCUT2D eigenvalue weighted by Gasteiger charge is 2.37. The van der Waals surface area contributed by atoms with Crippen LogP contribution in [0.3, 0.4) is 0 Å². The molecule has 2 aliphatic heterocycles. The monoisotopic (exact) mass is 296 g/mol. The molecular formula is C15H18F2N2O2. The van der Waals surface area contributed by atoms with E-state index in [0.29, 0.717) is 24.8 Å². The minimum absolute atomic E-state index is 0.228. The molecule has 2 aliphatic rings. The first-order valence-corrected chi connectivity index (χ1v) is 7.21. The van der Waals surface area contributed by atoms with Gasteiger partial charge in [0.15, 0.2) is 11.6 Å². The summed E-state index contributed by atoms with van der Waals surface area (Å²) in [5.74, 6) is -2.59. The molecule has 0 aromatic heterocycles. The van der Waals surface area contributed by atoms with Crippen molar-refractivity contribution in [3.05, 3.63) is 29.8 Å². The van der Waals surface area contributed by atoms with Crippen molar-refractivity contribution in [2.45, 2.75) is 18.9 Å². The average molecular weight is 296 g/mol. The number of carboxylic acids is 1. The topological polar surface area (TPSA) is 43.8 Å². The lowest BCUT2D eigenvalue weighted by Gasteiger charge is -2.46. The van der Waals surface area contributed by atoms with Crippen LogP contribution < -0.4 is 4.90 Å². The van der Waals surface area contributed by atoms with Crippen LogP contribution in [0.15, 0.2) is 18.2 Å². The maximum absolute atomic E-state index is 13.3. The Kier molecular flexibility index (Phi) is 3.80. The summed E-state index contributed by atoms with van der Waals surface area (Å²) in [6, 6.07) is 4.40. The SMILES string of the molecule is O=C(O)C1CN(C2CCN(c3ccc(F)c(F)c3)CC2)C1. The molecule has 2 heterocycles. The van der Waals surface area contributed by atoms with Crippen molar-refractivity contribution in [3.8, 4) is 0 Å². The molecule has 0 atom stereocenters. The quantitative estimate of drug-likeness (QED) is 0.926. The third-order valence-corrected chi connectivity index (χ3v) is 4.51. The molecule has 0 amide bonds. The second-order valence-corrected chi connectivity index (χ2v) is 5.81. The van der Waals surface area contributed by atoms with Gasteiger partial charge in [-0.2, -0.15) is 0 Å². The molecule has 0 bridgehead atoms. The average Bonchev–Trinajstić information content (AvgIpc) is 2.41. The van der Waals surface area contributed by atoms with E-state index < -0.39 is 17.6 Å². The molecule has 0 saturated carbocycles. The summed E-state index contributed by atoms with van der Waals surface area (Å²) >= 11 is 0. The van der Waals surface area contributed by atoms with Crippen LogP contribution in [-0.2, 0) is 4.79 Å². The zero-order valence-corrected chi connectivity index (χ0v) is 11.6. The highest BCUT2D eigenvalue weighted by Crippen LogP contribution is 2.28. The van der Waals surface area contributed by atoms with Crippen LogP contribution in [0.4, 0.5) is 14.5 Å². The lowest BCUT2D eigenvalue weighted by molar-refractivity contribution is -0.148. The fraction of sp³-hybridized carbons (Fsp3) is 0.533. The number of aliphatic carboxylic acids is 1. The second-order valence-electron chi connectivity index (χ2n) is 5.81. The highest BCUT2D eigenvalue weighted by molar-refractivity contribution is 5.71. The number of nitrogens with zero attached hydrogens (tertiary/aromatic N) is 2. The maximum Gasteiger partial charge on any atom is 0.309 e. The lowest BCUT2D eigenvalue weighted by Crippen LogP contribution is -2.57. The van der Waals surface area contributed by atoms with Crippen molar-refractivity contribution in [2.75, 3.05) is 31.1 Å². The predicted octanol–water partition coefficient (Wildman–Crippen LogP) is 1.95. The Morgan fingerprint density at radius 3 is 2.38 bits per heavy atom. The fourth-order valence-electron chi connectivity index (χ4n) is 3.14. The number of hydrogen-bond acceptors (Lipinski definition) is 3. The van der Waals surface area contributed by atoms with Gasteiger partial charge >= 0.3 is 5.97 Å².